The molecule has 3 rings (SSSR count). The summed E-state index contributed by atoms with van der Waals surface area (Å²) < 4.78 is 0. The van der Waals surface area contributed by atoms with Crippen LogP contribution < -0.4 is 10.6 Å². The lowest BCUT2D eigenvalue weighted by Gasteiger charge is -2.14. The van der Waals surface area contributed by atoms with Crippen molar-refractivity contribution < 1.29 is 4.79 Å². The van der Waals surface area contributed by atoms with E-state index in [0.29, 0.717) is 18.3 Å². The first-order valence-electron chi connectivity index (χ1n) is 8.58. The number of benzene rings is 1. The van der Waals surface area contributed by atoms with Gasteiger partial charge < -0.3 is 10.6 Å². The number of nitrogens with one attached hydrogen (secondary N) is 2. The first-order chi connectivity index (χ1) is 12.6. The molecule has 0 aliphatic heterocycles. The van der Waals surface area contributed by atoms with Crippen LogP contribution in [0.25, 0.3) is 10.7 Å². The number of carbonyl (C=O) groups is 1. The fourth-order valence-corrected chi connectivity index (χ4v) is 3.95. The minimum absolute atomic E-state index is 0. The molecule has 2 aromatic heterocycles. The van der Waals surface area contributed by atoms with Crippen LogP contribution in [-0.4, -0.2) is 29.0 Å². The summed E-state index contributed by atoms with van der Waals surface area (Å²) >= 11 is 3.03. The Morgan fingerprint density at radius 3 is 2.59 bits per heavy atom. The van der Waals surface area contributed by atoms with Gasteiger partial charge in [0.05, 0.1) is 5.01 Å². The summed E-state index contributed by atoms with van der Waals surface area (Å²) in [6, 6.07) is 10.6. The van der Waals surface area contributed by atoms with Crippen molar-refractivity contribution in [3.05, 3.63) is 57.4 Å². The number of halogens is 1. The summed E-state index contributed by atoms with van der Waals surface area (Å²) in [5.74, 6) is -0.129. The molecule has 1 atom stereocenters. The number of aromatic nitrogens is 2. The van der Waals surface area contributed by atoms with Crippen LogP contribution in [0.5, 0.6) is 0 Å². The summed E-state index contributed by atoms with van der Waals surface area (Å²) in [4.78, 5) is 21.0. The average molecular weight is 467 g/mol. The molecule has 1 amide bonds. The van der Waals surface area contributed by atoms with Gasteiger partial charge in [0.25, 0.3) is 5.91 Å². The number of hydrogen-bond donors (Lipinski definition) is 2. The Balaban J connectivity index is 0.00000261. The molecular weight excluding hydrogens is 444 g/mol. The predicted molar refractivity (Wildman–Crippen MR) is 118 cm³/mol. The van der Waals surface area contributed by atoms with E-state index in [2.05, 4.69) is 39.7 Å². The molecule has 8 heteroatoms. The maximum atomic E-state index is 12.2. The highest BCUT2D eigenvalue weighted by molar-refractivity contribution is 8.93. The van der Waals surface area contributed by atoms with E-state index in [1.165, 1.54) is 16.9 Å². The number of aryl methyl sites for hydroxylation is 1. The van der Waals surface area contributed by atoms with E-state index in [4.69, 9.17) is 0 Å². The van der Waals surface area contributed by atoms with Crippen molar-refractivity contribution in [2.75, 3.05) is 13.1 Å². The van der Waals surface area contributed by atoms with E-state index >= 15 is 0 Å². The number of nitrogens with zero attached hydrogens (tertiary/aromatic N) is 2. The molecule has 1 unspecified atom stereocenters. The Morgan fingerprint density at radius 2 is 1.89 bits per heavy atom. The van der Waals surface area contributed by atoms with Gasteiger partial charge in [0.1, 0.15) is 16.4 Å². The monoisotopic (exact) mass is 466 g/mol. The van der Waals surface area contributed by atoms with Gasteiger partial charge >= 0.3 is 0 Å². The van der Waals surface area contributed by atoms with E-state index in [9.17, 15) is 4.79 Å². The summed E-state index contributed by atoms with van der Waals surface area (Å²) in [6.45, 7) is 5.57. The van der Waals surface area contributed by atoms with Crippen molar-refractivity contribution in [2.45, 2.75) is 26.3 Å². The van der Waals surface area contributed by atoms with Gasteiger partial charge in [-0.25, -0.2) is 9.97 Å². The number of rotatable bonds is 8. The summed E-state index contributed by atoms with van der Waals surface area (Å²) in [5.41, 5.74) is 2.57. The van der Waals surface area contributed by atoms with Gasteiger partial charge in [0, 0.05) is 23.3 Å². The number of thiazole rings is 2. The SMILES string of the molecule is Br.Cc1nc(-c2nc(C(=O)NCCCNC(C)c3ccccc3)cs2)cs1. The smallest absolute Gasteiger partial charge is 0.270 e. The van der Waals surface area contributed by atoms with Crippen molar-refractivity contribution in [3.8, 4) is 10.7 Å². The van der Waals surface area contributed by atoms with Gasteiger partial charge in [0.15, 0.2) is 0 Å². The normalized spacial score (nSPS) is 11.6. The zero-order valence-corrected chi connectivity index (χ0v) is 18.6. The van der Waals surface area contributed by atoms with Crippen LogP contribution in [-0.2, 0) is 0 Å². The molecule has 144 valence electrons. The number of carbonyl (C=O) groups excluding carboxylic acids is 1. The lowest BCUT2D eigenvalue weighted by atomic mass is 10.1. The van der Waals surface area contributed by atoms with Gasteiger partial charge in [-0.2, -0.15) is 0 Å². The van der Waals surface area contributed by atoms with Gasteiger partial charge in [-0.3, -0.25) is 4.79 Å². The fourth-order valence-electron chi connectivity index (χ4n) is 2.52. The van der Waals surface area contributed by atoms with E-state index < -0.39 is 0 Å². The zero-order chi connectivity index (χ0) is 18.4. The molecular formula is C19H23BrN4OS2. The maximum absolute atomic E-state index is 12.2. The predicted octanol–water partition coefficient (Wildman–Crippen LogP) is 4.62. The minimum atomic E-state index is -0.129. The lowest BCUT2D eigenvalue weighted by Crippen LogP contribution is -2.28. The Labute approximate surface area is 178 Å². The Bertz CT molecular complexity index is 850. The Kier molecular flexibility index (Phi) is 8.56. The molecule has 1 aromatic carbocycles. The lowest BCUT2D eigenvalue weighted by molar-refractivity contribution is 0.0949. The van der Waals surface area contributed by atoms with Crippen LogP contribution in [0, 0.1) is 6.92 Å². The first-order valence-corrected chi connectivity index (χ1v) is 10.3. The second kappa shape index (κ2) is 10.7. The summed E-state index contributed by atoms with van der Waals surface area (Å²) in [6.07, 6.45) is 0.866. The molecule has 0 spiro atoms. The van der Waals surface area contributed by atoms with E-state index in [-0.39, 0.29) is 22.9 Å². The highest BCUT2D eigenvalue weighted by Crippen LogP contribution is 2.24. The summed E-state index contributed by atoms with van der Waals surface area (Å²) in [7, 11) is 0. The highest BCUT2D eigenvalue weighted by Gasteiger charge is 2.13. The van der Waals surface area contributed by atoms with Crippen molar-refractivity contribution in [1.82, 2.24) is 20.6 Å². The molecule has 27 heavy (non-hydrogen) atoms. The van der Waals surface area contributed by atoms with Crippen molar-refractivity contribution in [3.63, 3.8) is 0 Å². The molecule has 0 aliphatic rings. The minimum Gasteiger partial charge on any atom is -0.351 e. The third kappa shape index (κ3) is 6.21. The van der Waals surface area contributed by atoms with E-state index in [1.54, 1.807) is 16.7 Å². The second-order valence-corrected chi connectivity index (χ2v) is 7.91. The largest absolute Gasteiger partial charge is 0.351 e. The fraction of sp³-hybridized carbons (Fsp3) is 0.316. The van der Waals surface area contributed by atoms with Crippen LogP contribution in [0.15, 0.2) is 41.1 Å². The van der Waals surface area contributed by atoms with Crippen LogP contribution in [0.1, 0.15) is 40.4 Å². The van der Waals surface area contributed by atoms with Crippen LogP contribution >= 0.6 is 39.7 Å². The first kappa shape index (κ1) is 21.7. The quantitative estimate of drug-likeness (QED) is 0.475. The standard InChI is InChI=1S/C19H22N4OS2.BrH/c1-13(15-7-4-3-5-8-15)20-9-6-10-21-18(24)16-11-26-19(23-16)17-12-25-14(2)22-17;/h3-5,7-8,11-13,20H,6,9-10H2,1-2H3,(H,21,24);1H. The van der Waals surface area contributed by atoms with Crippen LogP contribution in [0.4, 0.5) is 0 Å². The number of hydrogen-bond acceptors (Lipinski definition) is 6. The Hall–Kier alpha value is -1.61. The second-order valence-electron chi connectivity index (χ2n) is 5.99. The maximum Gasteiger partial charge on any atom is 0.270 e. The van der Waals surface area contributed by atoms with Crippen molar-refractivity contribution in [1.29, 1.82) is 0 Å². The molecule has 0 bridgehead atoms. The molecule has 0 radical (unpaired) electrons. The third-order valence-corrected chi connectivity index (χ3v) is 5.60. The molecule has 0 fully saturated rings. The topological polar surface area (TPSA) is 66.9 Å². The van der Waals surface area contributed by atoms with Gasteiger partial charge in [-0.1, -0.05) is 30.3 Å². The molecule has 5 nitrogen and oxygen atoms in total. The molecule has 0 saturated carbocycles. The van der Waals surface area contributed by atoms with Crippen molar-refractivity contribution >= 4 is 45.6 Å². The molecule has 0 saturated heterocycles. The van der Waals surface area contributed by atoms with Gasteiger partial charge in [0.2, 0.25) is 0 Å². The van der Waals surface area contributed by atoms with E-state index in [1.807, 2.05) is 30.5 Å². The zero-order valence-electron chi connectivity index (χ0n) is 15.3. The molecule has 0 aliphatic carbocycles. The molecule has 3 aromatic rings. The molecule has 2 N–H and O–H groups in total. The summed E-state index contributed by atoms with van der Waals surface area (Å²) in [5, 5.41) is 11.9. The van der Waals surface area contributed by atoms with Gasteiger partial charge in [-0.05, 0) is 32.4 Å². The van der Waals surface area contributed by atoms with Gasteiger partial charge in [-0.15, -0.1) is 39.7 Å². The highest BCUT2D eigenvalue weighted by atomic mass is 79.9. The van der Waals surface area contributed by atoms with Crippen molar-refractivity contribution in [2.24, 2.45) is 0 Å². The molecule has 2 heterocycles. The Morgan fingerprint density at radius 1 is 1.11 bits per heavy atom. The number of amides is 1. The van der Waals surface area contributed by atoms with Crippen LogP contribution in [0.2, 0.25) is 0 Å². The van der Waals surface area contributed by atoms with E-state index in [0.717, 1.165) is 28.7 Å². The van der Waals surface area contributed by atoms with Crippen LogP contribution in [0.3, 0.4) is 0 Å². The third-order valence-electron chi connectivity index (χ3n) is 3.96. The average Bonchev–Trinajstić information content (AvgIpc) is 3.31.